The molecule has 0 aliphatic carbocycles. The number of amidine groups is 1. The van der Waals surface area contributed by atoms with Crippen LogP contribution in [0.5, 0.6) is 0 Å². The fourth-order valence-corrected chi connectivity index (χ4v) is 5.88. The van der Waals surface area contributed by atoms with Crippen LogP contribution in [-0.2, 0) is 9.59 Å². The number of nitro benzene ring substituents is 1. The first-order chi connectivity index (χ1) is 18.4. The summed E-state index contributed by atoms with van der Waals surface area (Å²) < 4.78 is 0. The summed E-state index contributed by atoms with van der Waals surface area (Å²) in [5.41, 5.74) is 2.02. The normalized spacial score (nSPS) is 19.5. The third-order valence-electron chi connectivity index (χ3n) is 6.88. The fourth-order valence-electron chi connectivity index (χ4n) is 4.76. The summed E-state index contributed by atoms with van der Waals surface area (Å²) in [6.45, 7) is 4.11. The van der Waals surface area contributed by atoms with E-state index in [4.69, 9.17) is 0 Å². The Kier molecular flexibility index (Phi) is 7.59. The number of nitrogens with zero attached hydrogens (tertiary/aromatic N) is 5. The molecule has 0 spiro atoms. The van der Waals surface area contributed by atoms with E-state index in [-0.39, 0.29) is 29.8 Å². The Hall–Kier alpha value is -3.93. The summed E-state index contributed by atoms with van der Waals surface area (Å²) in [5, 5.41) is 13.9. The lowest BCUT2D eigenvalue weighted by Crippen LogP contribution is -2.48. The van der Waals surface area contributed by atoms with Gasteiger partial charge < -0.3 is 20.0 Å². The number of piperazine rings is 1. The van der Waals surface area contributed by atoms with Crippen molar-refractivity contribution in [2.75, 3.05) is 49.5 Å². The number of hydrogen-bond acceptors (Lipinski definition) is 8. The molecule has 3 amide bonds. The van der Waals surface area contributed by atoms with Gasteiger partial charge in [0.1, 0.15) is 5.25 Å². The summed E-state index contributed by atoms with van der Waals surface area (Å²) in [5.74, 6) is -0.623. The Morgan fingerprint density at radius 1 is 0.947 bits per heavy atom. The Morgan fingerprint density at radius 2 is 1.61 bits per heavy atom. The summed E-state index contributed by atoms with van der Waals surface area (Å²) in [4.78, 5) is 58.3. The van der Waals surface area contributed by atoms with Gasteiger partial charge in [-0.05, 0) is 49.2 Å². The van der Waals surface area contributed by atoms with Gasteiger partial charge in [-0.25, -0.2) is 0 Å². The third kappa shape index (κ3) is 5.80. The zero-order valence-electron chi connectivity index (χ0n) is 20.7. The molecule has 0 aromatic heterocycles. The van der Waals surface area contributed by atoms with Crippen LogP contribution in [0.25, 0.3) is 0 Å². The summed E-state index contributed by atoms with van der Waals surface area (Å²) in [6, 6.07) is 13.2. The maximum atomic E-state index is 13.0. The molecule has 2 aromatic carbocycles. The molecule has 12 heteroatoms. The van der Waals surface area contributed by atoms with Crippen LogP contribution in [0.2, 0.25) is 0 Å². The molecule has 5 rings (SSSR count). The number of nitro groups is 1. The predicted octanol–water partition coefficient (Wildman–Crippen LogP) is 2.98. The number of amides is 3. The van der Waals surface area contributed by atoms with E-state index in [1.807, 2.05) is 0 Å². The molecule has 198 valence electrons. The van der Waals surface area contributed by atoms with Crippen molar-refractivity contribution < 1.29 is 19.3 Å². The smallest absolute Gasteiger partial charge is 0.269 e. The van der Waals surface area contributed by atoms with Crippen molar-refractivity contribution in [2.24, 2.45) is 4.99 Å². The molecular weight excluding hydrogens is 508 g/mol. The van der Waals surface area contributed by atoms with E-state index in [1.165, 1.54) is 23.9 Å². The molecule has 2 fully saturated rings. The second-order valence-corrected chi connectivity index (χ2v) is 10.6. The highest BCUT2D eigenvalue weighted by atomic mass is 32.2. The van der Waals surface area contributed by atoms with Crippen molar-refractivity contribution in [2.45, 2.75) is 24.5 Å². The lowest BCUT2D eigenvalue weighted by atomic mass is 10.1. The van der Waals surface area contributed by atoms with E-state index in [9.17, 15) is 24.5 Å². The van der Waals surface area contributed by atoms with Gasteiger partial charge in [-0.15, -0.1) is 0 Å². The van der Waals surface area contributed by atoms with Crippen molar-refractivity contribution >= 4 is 51.7 Å². The Balaban J connectivity index is 1.09. The fraction of sp³-hybridized carbons (Fsp3) is 0.385. The number of anilines is 2. The van der Waals surface area contributed by atoms with E-state index in [0.717, 1.165) is 36.8 Å². The van der Waals surface area contributed by atoms with E-state index in [0.29, 0.717) is 37.4 Å². The highest BCUT2D eigenvalue weighted by Crippen LogP contribution is 2.29. The number of hydrogen-bond donors (Lipinski definition) is 1. The highest BCUT2D eigenvalue weighted by molar-refractivity contribution is 8.15. The molecule has 1 unspecified atom stereocenters. The van der Waals surface area contributed by atoms with Crippen molar-refractivity contribution in [3.63, 3.8) is 0 Å². The molecule has 2 saturated heterocycles. The van der Waals surface area contributed by atoms with E-state index in [2.05, 4.69) is 20.1 Å². The number of thioether (sulfide) groups is 1. The molecule has 0 radical (unpaired) electrons. The minimum absolute atomic E-state index is 0.0457. The molecule has 1 atom stereocenters. The molecular formula is C26H28N6O5S. The zero-order valence-corrected chi connectivity index (χ0v) is 21.6. The van der Waals surface area contributed by atoms with Gasteiger partial charge in [0.2, 0.25) is 5.91 Å². The lowest BCUT2D eigenvalue weighted by molar-refractivity contribution is -0.384. The molecule has 2 aromatic rings. The average molecular weight is 537 g/mol. The van der Waals surface area contributed by atoms with Gasteiger partial charge in [-0.1, -0.05) is 11.8 Å². The number of aliphatic imine (C=N–C) groups is 1. The van der Waals surface area contributed by atoms with Crippen LogP contribution in [0.15, 0.2) is 53.5 Å². The van der Waals surface area contributed by atoms with Crippen LogP contribution in [0.3, 0.4) is 0 Å². The quantitative estimate of drug-likeness (QED) is 0.441. The number of carbonyl (C=O) groups is 3. The Morgan fingerprint density at radius 3 is 2.24 bits per heavy atom. The minimum Gasteiger partial charge on any atom is -0.368 e. The van der Waals surface area contributed by atoms with Gasteiger partial charge in [-0.3, -0.25) is 24.5 Å². The highest BCUT2D eigenvalue weighted by Gasteiger charge is 2.33. The number of non-ortho nitro benzene ring substituents is 1. The summed E-state index contributed by atoms with van der Waals surface area (Å²) >= 11 is 1.36. The van der Waals surface area contributed by atoms with Gasteiger partial charge >= 0.3 is 0 Å². The number of rotatable bonds is 6. The van der Waals surface area contributed by atoms with E-state index >= 15 is 0 Å². The van der Waals surface area contributed by atoms with Crippen LogP contribution < -0.4 is 10.2 Å². The zero-order chi connectivity index (χ0) is 26.6. The van der Waals surface area contributed by atoms with Gasteiger partial charge in [0.25, 0.3) is 17.5 Å². The van der Waals surface area contributed by atoms with E-state index < -0.39 is 10.2 Å². The van der Waals surface area contributed by atoms with Crippen molar-refractivity contribution in [1.82, 2.24) is 9.80 Å². The molecule has 3 heterocycles. The Bertz CT molecular complexity index is 1250. The second kappa shape index (κ2) is 11.2. The number of likely N-dealkylation sites (tertiary alicyclic amines) is 1. The molecule has 3 aliphatic rings. The van der Waals surface area contributed by atoms with Gasteiger partial charge in [0.05, 0.1) is 4.92 Å². The molecule has 11 nitrogen and oxygen atoms in total. The lowest BCUT2D eigenvalue weighted by Gasteiger charge is -2.36. The average Bonchev–Trinajstić information content (AvgIpc) is 3.59. The minimum atomic E-state index is -0.504. The first kappa shape index (κ1) is 25.7. The molecule has 0 bridgehead atoms. The maximum Gasteiger partial charge on any atom is 0.269 e. The first-order valence-electron chi connectivity index (χ1n) is 12.6. The second-order valence-electron chi connectivity index (χ2n) is 9.42. The Labute approximate surface area is 224 Å². The van der Waals surface area contributed by atoms with Crippen LogP contribution in [-0.4, -0.2) is 82.1 Å². The predicted molar refractivity (Wildman–Crippen MR) is 146 cm³/mol. The molecule has 1 N–H and O–H groups in total. The van der Waals surface area contributed by atoms with Crippen LogP contribution in [0, 0.1) is 10.1 Å². The maximum absolute atomic E-state index is 13.0. The topological polar surface area (TPSA) is 128 Å². The molecule has 38 heavy (non-hydrogen) atoms. The van der Waals surface area contributed by atoms with Crippen molar-refractivity contribution in [3.05, 3.63) is 64.2 Å². The SMILES string of the molecule is O=C(CC1SC(N2CCCC2)=NC1=O)Nc1ccc(C(=O)N2CCN(c3ccc([N+](=O)[O-])cc3)CC2)cc1. The van der Waals surface area contributed by atoms with Crippen molar-refractivity contribution in [3.8, 4) is 0 Å². The van der Waals surface area contributed by atoms with E-state index in [1.54, 1.807) is 41.3 Å². The standard InChI is InChI=1S/C26H28N6O5S/c33-23(17-22-24(34)28-26(38-22)31-11-1-2-12-31)27-19-5-3-18(4-6-19)25(35)30-15-13-29(14-16-30)20-7-9-21(10-8-20)32(36)37/h3-10,22H,1-2,11-17H2,(H,27,33). The molecule has 0 saturated carbocycles. The van der Waals surface area contributed by atoms with Crippen LogP contribution >= 0.6 is 11.8 Å². The van der Waals surface area contributed by atoms with Gasteiger partial charge in [-0.2, -0.15) is 4.99 Å². The first-order valence-corrected chi connectivity index (χ1v) is 13.5. The largest absolute Gasteiger partial charge is 0.368 e. The van der Waals surface area contributed by atoms with Gasteiger partial charge in [0.15, 0.2) is 5.17 Å². The third-order valence-corrected chi connectivity index (χ3v) is 8.10. The monoisotopic (exact) mass is 536 g/mol. The van der Waals surface area contributed by atoms with Crippen LogP contribution in [0.4, 0.5) is 17.1 Å². The number of benzene rings is 2. The summed E-state index contributed by atoms with van der Waals surface area (Å²) in [7, 11) is 0. The van der Waals surface area contributed by atoms with Crippen LogP contribution in [0.1, 0.15) is 29.6 Å². The van der Waals surface area contributed by atoms with Gasteiger partial charge in [0, 0.05) is 74.8 Å². The van der Waals surface area contributed by atoms with Crippen molar-refractivity contribution in [1.29, 1.82) is 0 Å². The number of nitrogens with one attached hydrogen (secondary N) is 1. The molecule has 3 aliphatic heterocycles. The summed E-state index contributed by atoms with van der Waals surface area (Å²) in [6.07, 6.45) is 2.23. The number of carbonyl (C=O) groups excluding carboxylic acids is 3.